The van der Waals surface area contributed by atoms with Gasteiger partial charge in [0, 0.05) is 33.0 Å². The number of carbonyl (C=O) groups is 2. The van der Waals surface area contributed by atoms with Crippen LogP contribution in [0.1, 0.15) is 39.7 Å². The highest BCUT2D eigenvalue weighted by Gasteiger charge is 2.28. The molecule has 1 aromatic rings. The number of nitrogens with zero attached hydrogens (tertiary/aromatic N) is 1. The molecule has 25 heavy (non-hydrogen) atoms. The first kappa shape index (κ1) is 21.2. The van der Waals surface area contributed by atoms with Gasteiger partial charge in [-0.2, -0.15) is 0 Å². The number of hydrogen-bond donors (Lipinski definition) is 1. The van der Waals surface area contributed by atoms with Gasteiger partial charge in [0.1, 0.15) is 0 Å². The molecule has 0 fully saturated rings. The predicted molar refractivity (Wildman–Crippen MR) is 98.7 cm³/mol. The molecule has 2 amide bonds. The van der Waals surface area contributed by atoms with E-state index in [2.05, 4.69) is 5.32 Å². The van der Waals surface area contributed by atoms with Gasteiger partial charge in [0.2, 0.25) is 11.8 Å². The zero-order valence-electron chi connectivity index (χ0n) is 15.4. The van der Waals surface area contributed by atoms with Crippen molar-refractivity contribution in [1.29, 1.82) is 0 Å². The average Bonchev–Trinajstić information content (AvgIpc) is 2.50. The summed E-state index contributed by atoms with van der Waals surface area (Å²) in [5, 5.41) is 2.61. The van der Waals surface area contributed by atoms with E-state index in [0.717, 1.165) is 5.56 Å². The van der Waals surface area contributed by atoms with Crippen LogP contribution in [-0.4, -0.2) is 48.7 Å². The van der Waals surface area contributed by atoms with Crippen LogP contribution in [0, 0.1) is 0 Å². The SMILES string of the molecule is CC(=O)N(CCC(=O)NCCS(=O)(=O)C(C)(C)C)Cc1ccccc1. The second kappa shape index (κ2) is 8.99. The number of benzene rings is 1. The van der Waals surface area contributed by atoms with E-state index in [4.69, 9.17) is 0 Å². The van der Waals surface area contributed by atoms with Gasteiger partial charge >= 0.3 is 0 Å². The van der Waals surface area contributed by atoms with E-state index < -0.39 is 14.6 Å². The van der Waals surface area contributed by atoms with Gasteiger partial charge in [0.05, 0.1) is 10.5 Å². The lowest BCUT2D eigenvalue weighted by Crippen LogP contribution is -2.38. The molecular weight excluding hydrogens is 340 g/mol. The third-order valence-electron chi connectivity index (χ3n) is 3.90. The minimum atomic E-state index is -3.26. The van der Waals surface area contributed by atoms with Crippen LogP contribution in [0.3, 0.4) is 0 Å². The van der Waals surface area contributed by atoms with Crippen LogP contribution in [0.4, 0.5) is 0 Å². The van der Waals surface area contributed by atoms with Crippen molar-refractivity contribution in [3.8, 4) is 0 Å². The summed E-state index contributed by atoms with van der Waals surface area (Å²) in [7, 11) is -3.26. The first-order valence-corrected chi connectivity index (χ1v) is 9.96. The zero-order valence-corrected chi connectivity index (χ0v) is 16.2. The van der Waals surface area contributed by atoms with Gasteiger partial charge in [-0.25, -0.2) is 8.42 Å². The maximum atomic E-state index is 12.0. The van der Waals surface area contributed by atoms with Crippen molar-refractivity contribution in [3.63, 3.8) is 0 Å². The van der Waals surface area contributed by atoms with Crippen LogP contribution in [0.25, 0.3) is 0 Å². The Hall–Kier alpha value is -1.89. The van der Waals surface area contributed by atoms with Crippen molar-refractivity contribution in [1.82, 2.24) is 10.2 Å². The molecule has 0 saturated carbocycles. The van der Waals surface area contributed by atoms with Gasteiger partial charge in [-0.1, -0.05) is 30.3 Å². The lowest BCUT2D eigenvalue weighted by molar-refractivity contribution is -0.130. The standard InChI is InChI=1S/C18H28N2O4S/c1-15(21)20(14-16-8-6-5-7-9-16)12-10-17(22)19-11-13-25(23,24)18(2,3)4/h5-9H,10-14H2,1-4H3,(H,19,22). The number of carbonyl (C=O) groups excluding carboxylic acids is 2. The van der Waals surface area contributed by atoms with Crippen molar-refractivity contribution in [2.24, 2.45) is 0 Å². The molecule has 0 heterocycles. The molecule has 140 valence electrons. The second-order valence-corrected chi connectivity index (χ2v) is 9.82. The Kier molecular flexibility index (Phi) is 7.60. The molecule has 0 bridgehead atoms. The van der Waals surface area contributed by atoms with Crippen molar-refractivity contribution >= 4 is 21.7 Å². The van der Waals surface area contributed by atoms with Crippen molar-refractivity contribution in [2.45, 2.75) is 45.4 Å². The van der Waals surface area contributed by atoms with Crippen LogP contribution >= 0.6 is 0 Å². The van der Waals surface area contributed by atoms with E-state index in [1.165, 1.54) is 6.92 Å². The van der Waals surface area contributed by atoms with Crippen molar-refractivity contribution in [2.75, 3.05) is 18.8 Å². The Bertz CT molecular complexity index is 679. The highest BCUT2D eigenvalue weighted by molar-refractivity contribution is 7.92. The summed E-state index contributed by atoms with van der Waals surface area (Å²) in [6, 6.07) is 9.55. The summed E-state index contributed by atoms with van der Waals surface area (Å²) >= 11 is 0. The van der Waals surface area contributed by atoms with E-state index in [1.807, 2.05) is 30.3 Å². The fraction of sp³-hybridized carbons (Fsp3) is 0.556. The Balaban J connectivity index is 2.44. The molecule has 7 heteroatoms. The molecule has 0 radical (unpaired) electrons. The molecule has 6 nitrogen and oxygen atoms in total. The van der Waals surface area contributed by atoms with Crippen LogP contribution in [0.5, 0.6) is 0 Å². The largest absolute Gasteiger partial charge is 0.355 e. The summed E-state index contributed by atoms with van der Waals surface area (Å²) in [5.41, 5.74) is 0.995. The lowest BCUT2D eigenvalue weighted by atomic mass is 10.2. The van der Waals surface area contributed by atoms with Crippen LogP contribution in [-0.2, 0) is 26.0 Å². The molecule has 0 aliphatic heterocycles. The molecule has 0 spiro atoms. The van der Waals surface area contributed by atoms with Crippen LogP contribution < -0.4 is 5.32 Å². The quantitative estimate of drug-likeness (QED) is 0.758. The van der Waals surface area contributed by atoms with E-state index in [9.17, 15) is 18.0 Å². The molecule has 0 saturated heterocycles. The lowest BCUT2D eigenvalue weighted by Gasteiger charge is -2.21. The molecule has 0 unspecified atom stereocenters. The molecular formula is C18H28N2O4S. The summed E-state index contributed by atoms with van der Waals surface area (Å²) < 4.78 is 23.1. The number of nitrogens with one attached hydrogen (secondary N) is 1. The number of amides is 2. The Labute approximate surface area is 150 Å². The summed E-state index contributed by atoms with van der Waals surface area (Å²) in [5.74, 6) is -0.460. The van der Waals surface area contributed by atoms with Gasteiger partial charge in [-0.15, -0.1) is 0 Å². The first-order chi connectivity index (χ1) is 11.5. The highest BCUT2D eigenvalue weighted by Crippen LogP contribution is 2.15. The van der Waals surface area contributed by atoms with Crippen LogP contribution in [0.2, 0.25) is 0 Å². The Morgan fingerprint density at radius 2 is 1.72 bits per heavy atom. The third-order valence-corrected chi connectivity index (χ3v) is 6.50. The molecule has 1 aromatic carbocycles. The maximum Gasteiger partial charge on any atom is 0.221 e. The van der Waals surface area contributed by atoms with Gasteiger partial charge in [0.15, 0.2) is 9.84 Å². The fourth-order valence-corrected chi connectivity index (χ4v) is 3.09. The van der Waals surface area contributed by atoms with E-state index >= 15 is 0 Å². The summed E-state index contributed by atoms with van der Waals surface area (Å²) in [6.45, 7) is 7.20. The molecule has 0 aliphatic rings. The highest BCUT2D eigenvalue weighted by atomic mass is 32.2. The topological polar surface area (TPSA) is 83.6 Å². The van der Waals surface area contributed by atoms with Crippen molar-refractivity contribution < 1.29 is 18.0 Å². The monoisotopic (exact) mass is 368 g/mol. The molecule has 1 N–H and O–H groups in total. The smallest absolute Gasteiger partial charge is 0.221 e. The third kappa shape index (κ3) is 7.25. The Morgan fingerprint density at radius 1 is 1.12 bits per heavy atom. The van der Waals surface area contributed by atoms with E-state index in [1.54, 1.807) is 25.7 Å². The summed E-state index contributed by atoms with van der Waals surface area (Å²) in [4.78, 5) is 25.2. The minimum Gasteiger partial charge on any atom is -0.355 e. The van der Waals surface area contributed by atoms with Gasteiger partial charge in [-0.05, 0) is 26.3 Å². The fourth-order valence-electron chi connectivity index (χ4n) is 2.11. The number of sulfone groups is 1. The first-order valence-electron chi connectivity index (χ1n) is 8.31. The Morgan fingerprint density at radius 3 is 2.24 bits per heavy atom. The molecule has 0 aliphatic carbocycles. The second-order valence-electron chi connectivity index (χ2n) is 6.96. The molecule has 0 atom stereocenters. The maximum absolute atomic E-state index is 12.0. The summed E-state index contributed by atoms with van der Waals surface area (Å²) in [6.07, 6.45) is 0.141. The van der Waals surface area contributed by atoms with E-state index in [-0.39, 0.29) is 30.5 Å². The molecule has 0 aromatic heterocycles. The average molecular weight is 368 g/mol. The molecule has 1 rings (SSSR count). The predicted octanol–water partition coefficient (Wildman–Crippen LogP) is 1.75. The normalized spacial score (nSPS) is 11.8. The number of rotatable bonds is 8. The van der Waals surface area contributed by atoms with E-state index in [0.29, 0.717) is 13.1 Å². The van der Waals surface area contributed by atoms with Gasteiger partial charge < -0.3 is 10.2 Å². The number of hydrogen-bond acceptors (Lipinski definition) is 4. The minimum absolute atomic E-state index is 0.0805. The van der Waals surface area contributed by atoms with Gasteiger partial charge in [0.25, 0.3) is 0 Å². The zero-order chi connectivity index (χ0) is 19.1. The van der Waals surface area contributed by atoms with Crippen molar-refractivity contribution in [3.05, 3.63) is 35.9 Å². The van der Waals surface area contributed by atoms with Crippen LogP contribution in [0.15, 0.2) is 30.3 Å². The van der Waals surface area contributed by atoms with Gasteiger partial charge in [-0.3, -0.25) is 9.59 Å².